The molecule has 0 saturated heterocycles. The second-order valence-corrected chi connectivity index (χ2v) is 2.98. The Bertz CT molecular complexity index is 500. The van der Waals surface area contributed by atoms with Crippen molar-refractivity contribution in [1.82, 2.24) is 0 Å². The number of non-ortho nitro benzene ring substituents is 1. The second-order valence-electron chi connectivity index (χ2n) is 2.98. The molecule has 17 heavy (non-hydrogen) atoms. The van der Waals surface area contributed by atoms with Gasteiger partial charge in [0.05, 0.1) is 10.5 Å². The van der Waals surface area contributed by atoms with Gasteiger partial charge in [0.2, 0.25) is 0 Å². The lowest BCUT2D eigenvalue weighted by atomic mass is 10.1. The van der Waals surface area contributed by atoms with Crippen molar-refractivity contribution in [2.75, 3.05) is 6.61 Å². The van der Waals surface area contributed by atoms with E-state index in [1.54, 1.807) is 0 Å². The molecular formula is C10H6F3NO3. The van der Waals surface area contributed by atoms with E-state index in [9.17, 15) is 23.3 Å². The van der Waals surface area contributed by atoms with E-state index in [1.165, 1.54) is 0 Å². The van der Waals surface area contributed by atoms with E-state index in [-0.39, 0.29) is 5.56 Å². The van der Waals surface area contributed by atoms with Gasteiger partial charge in [-0.25, -0.2) is 0 Å². The van der Waals surface area contributed by atoms with E-state index in [2.05, 4.69) is 11.8 Å². The molecule has 1 aromatic carbocycles. The Morgan fingerprint density at radius 3 is 2.47 bits per heavy atom. The maximum Gasteiger partial charge on any atom is 0.416 e. The Balaban J connectivity index is 3.34. The zero-order valence-electron chi connectivity index (χ0n) is 8.28. The zero-order valence-corrected chi connectivity index (χ0v) is 8.28. The highest BCUT2D eigenvalue weighted by Gasteiger charge is 2.32. The lowest BCUT2D eigenvalue weighted by Gasteiger charge is -2.06. The van der Waals surface area contributed by atoms with Gasteiger partial charge >= 0.3 is 6.18 Å². The van der Waals surface area contributed by atoms with Gasteiger partial charge in [-0.3, -0.25) is 10.1 Å². The Morgan fingerprint density at radius 2 is 2.00 bits per heavy atom. The molecule has 0 aromatic heterocycles. The van der Waals surface area contributed by atoms with E-state index < -0.39 is 29.0 Å². The number of nitrogens with zero attached hydrogens (tertiary/aromatic N) is 1. The third-order valence-corrected chi connectivity index (χ3v) is 1.77. The molecular weight excluding hydrogens is 239 g/mol. The standard InChI is InChI=1S/C10H6F3NO3/c11-10(12,13)8-4-7(2-1-3-15)5-9(6-8)14(16)17/h4-6,15H,3H2. The van der Waals surface area contributed by atoms with Crippen molar-refractivity contribution in [3.8, 4) is 11.8 Å². The molecule has 0 saturated carbocycles. The van der Waals surface area contributed by atoms with Gasteiger partial charge in [-0.05, 0) is 6.07 Å². The van der Waals surface area contributed by atoms with Gasteiger partial charge in [0.15, 0.2) is 0 Å². The summed E-state index contributed by atoms with van der Waals surface area (Å²) in [6.45, 7) is -0.538. The average molecular weight is 245 g/mol. The molecule has 0 aliphatic carbocycles. The molecule has 4 nitrogen and oxygen atoms in total. The normalized spacial score (nSPS) is 10.6. The maximum atomic E-state index is 12.4. The molecule has 0 radical (unpaired) electrons. The number of benzene rings is 1. The largest absolute Gasteiger partial charge is 0.416 e. The number of hydrogen-bond donors (Lipinski definition) is 1. The molecule has 1 N–H and O–H groups in total. The lowest BCUT2D eigenvalue weighted by molar-refractivity contribution is -0.385. The predicted molar refractivity (Wildman–Crippen MR) is 52.1 cm³/mol. The van der Waals surface area contributed by atoms with E-state index in [1.807, 2.05) is 0 Å². The van der Waals surface area contributed by atoms with Gasteiger partial charge in [0.25, 0.3) is 5.69 Å². The van der Waals surface area contributed by atoms with Gasteiger partial charge in [-0.15, -0.1) is 0 Å². The van der Waals surface area contributed by atoms with Crippen LogP contribution in [0.2, 0.25) is 0 Å². The summed E-state index contributed by atoms with van der Waals surface area (Å²) in [6.07, 6.45) is -4.68. The van der Waals surface area contributed by atoms with Crippen molar-refractivity contribution < 1.29 is 23.2 Å². The molecule has 0 aliphatic rings. The highest BCUT2D eigenvalue weighted by Crippen LogP contribution is 2.32. The second kappa shape index (κ2) is 4.84. The molecule has 0 heterocycles. The molecule has 0 fully saturated rings. The number of nitro groups is 1. The van der Waals surface area contributed by atoms with Gasteiger partial charge < -0.3 is 5.11 Å². The van der Waals surface area contributed by atoms with Crippen LogP contribution >= 0.6 is 0 Å². The molecule has 7 heteroatoms. The van der Waals surface area contributed by atoms with Crippen LogP contribution in [0, 0.1) is 22.0 Å². The summed E-state index contributed by atoms with van der Waals surface area (Å²) in [5.41, 5.74) is -2.00. The fourth-order valence-corrected chi connectivity index (χ4v) is 1.09. The molecule has 90 valence electrons. The van der Waals surface area contributed by atoms with E-state index in [0.717, 1.165) is 6.07 Å². The number of hydrogen-bond acceptors (Lipinski definition) is 3. The molecule has 0 amide bonds. The van der Waals surface area contributed by atoms with Crippen molar-refractivity contribution in [3.63, 3.8) is 0 Å². The van der Waals surface area contributed by atoms with Crippen LogP contribution in [-0.4, -0.2) is 16.6 Å². The highest BCUT2D eigenvalue weighted by molar-refractivity contribution is 5.47. The van der Waals surface area contributed by atoms with Gasteiger partial charge in [-0.2, -0.15) is 13.2 Å². The molecule has 0 bridgehead atoms. The zero-order chi connectivity index (χ0) is 13.1. The van der Waals surface area contributed by atoms with Crippen LogP contribution in [0.3, 0.4) is 0 Å². The summed E-state index contributed by atoms with van der Waals surface area (Å²) in [7, 11) is 0. The first-order valence-corrected chi connectivity index (χ1v) is 4.31. The van der Waals surface area contributed by atoms with Crippen LogP contribution in [-0.2, 0) is 6.18 Å². The summed E-state index contributed by atoms with van der Waals surface area (Å²) in [5, 5.41) is 18.9. The van der Waals surface area contributed by atoms with Gasteiger partial charge in [0, 0.05) is 17.7 Å². The van der Waals surface area contributed by atoms with Crippen LogP contribution < -0.4 is 0 Å². The van der Waals surface area contributed by atoms with Crippen molar-refractivity contribution in [2.45, 2.75) is 6.18 Å². The van der Waals surface area contributed by atoms with Crippen LogP contribution in [0.15, 0.2) is 18.2 Å². The Hall–Kier alpha value is -2.07. The fraction of sp³-hybridized carbons (Fsp3) is 0.200. The first-order valence-electron chi connectivity index (χ1n) is 4.31. The molecule has 0 atom stereocenters. The minimum atomic E-state index is -4.68. The third kappa shape index (κ3) is 3.46. The Morgan fingerprint density at radius 1 is 1.35 bits per heavy atom. The SMILES string of the molecule is O=[N+]([O-])c1cc(C#CCO)cc(C(F)(F)F)c1. The summed E-state index contributed by atoms with van der Waals surface area (Å²) in [6, 6.07) is 2.04. The molecule has 0 unspecified atom stereocenters. The van der Waals surface area contributed by atoms with Crippen LogP contribution in [0.5, 0.6) is 0 Å². The predicted octanol–water partition coefficient (Wildman–Crippen LogP) is 1.96. The summed E-state index contributed by atoms with van der Waals surface area (Å²) in [5.74, 6) is 4.32. The Labute approximate surface area is 93.8 Å². The summed E-state index contributed by atoms with van der Waals surface area (Å²) < 4.78 is 37.2. The fourth-order valence-electron chi connectivity index (χ4n) is 1.09. The maximum absolute atomic E-state index is 12.4. The molecule has 0 aliphatic heterocycles. The quantitative estimate of drug-likeness (QED) is 0.467. The van der Waals surface area contributed by atoms with Crippen LogP contribution in [0.4, 0.5) is 18.9 Å². The van der Waals surface area contributed by atoms with Gasteiger partial charge in [0.1, 0.15) is 6.61 Å². The molecule has 1 rings (SSSR count). The number of aliphatic hydroxyl groups is 1. The number of rotatable bonds is 1. The van der Waals surface area contributed by atoms with Crippen LogP contribution in [0.1, 0.15) is 11.1 Å². The molecule has 1 aromatic rings. The first-order chi connectivity index (χ1) is 7.84. The summed E-state index contributed by atoms with van der Waals surface area (Å²) in [4.78, 5) is 9.52. The number of alkyl halides is 3. The monoisotopic (exact) mass is 245 g/mol. The highest BCUT2D eigenvalue weighted by atomic mass is 19.4. The minimum absolute atomic E-state index is 0.166. The van der Waals surface area contributed by atoms with Crippen molar-refractivity contribution >= 4 is 5.69 Å². The van der Waals surface area contributed by atoms with E-state index in [4.69, 9.17) is 5.11 Å². The van der Waals surface area contributed by atoms with Crippen molar-refractivity contribution in [1.29, 1.82) is 0 Å². The van der Waals surface area contributed by atoms with Crippen molar-refractivity contribution in [2.24, 2.45) is 0 Å². The average Bonchev–Trinajstić information content (AvgIpc) is 2.24. The van der Waals surface area contributed by atoms with Crippen molar-refractivity contribution in [3.05, 3.63) is 39.4 Å². The lowest BCUT2D eigenvalue weighted by Crippen LogP contribution is -2.06. The first kappa shape index (κ1) is 13.0. The summed E-state index contributed by atoms with van der Waals surface area (Å²) >= 11 is 0. The number of nitro benzene ring substituents is 1. The third-order valence-electron chi connectivity index (χ3n) is 1.77. The van der Waals surface area contributed by atoms with Crippen LogP contribution in [0.25, 0.3) is 0 Å². The Kier molecular flexibility index (Phi) is 3.70. The topological polar surface area (TPSA) is 63.4 Å². The van der Waals surface area contributed by atoms with E-state index in [0.29, 0.717) is 12.1 Å². The number of aliphatic hydroxyl groups excluding tert-OH is 1. The number of halogens is 3. The van der Waals surface area contributed by atoms with E-state index >= 15 is 0 Å². The van der Waals surface area contributed by atoms with Gasteiger partial charge in [-0.1, -0.05) is 11.8 Å². The minimum Gasteiger partial charge on any atom is -0.384 e. The smallest absolute Gasteiger partial charge is 0.384 e. The molecule has 0 spiro atoms.